The summed E-state index contributed by atoms with van der Waals surface area (Å²) in [7, 11) is 0. The molecule has 0 unspecified atom stereocenters. The van der Waals surface area contributed by atoms with Crippen molar-refractivity contribution in [2.45, 2.75) is 71.1 Å². The lowest BCUT2D eigenvalue weighted by molar-refractivity contribution is -0.319. The van der Waals surface area contributed by atoms with Gasteiger partial charge in [0.1, 0.15) is 12.1 Å². The third kappa shape index (κ3) is 2.24. The maximum Gasteiger partial charge on any atom is 0.348 e. The summed E-state index contributed by atoms with van der Waals surface area (Å²) in [6.45, 7) is 9.22. The number of rotatable bonds is 4. The molecule has 0 aromatic carbocycles. The lowest BCUT2D eigenvalue weighted by Crippen LogP contribution is -2.72. The molecule has 1 N–H and O–H groups in total. The first-order valence-corrected chi connectivity index (χ1v) is 9.36. The van der Waals surface area contributed by atoms with Crippen molar-refractivity contribution >= 4 is 17.8 Å². The Morgan fingerprint density at radius 3 is 2.54 bits per heavy atom. The molecule has 3 fully saturated rings. The van der Waals surface area contributed by atoms with Gasteiger partial charge in [0.25, 0.3) is 11.8 Å². The number of aliphatic hydroxyl groups is 1. The highest BCUT2D eigenvalue weighted by Crippen LogP contribution is 2.49. The Morgan fingerprint density at radius 1 is 1.35 bits per heavy atom. The molecule has 0 aromatic rings. The van der Waals surface area contributed by atoms with E-state index in [2.05, 4.69) is 0 Å². The fourth-order valence-electron chi connectivity index (χ4n) is 4.46. The van der Waals surface area contributed by atoms with Crippen LogP contribution in [0.2, 0.25) is 0 Å². The van der Waals surface area contributed by atoms with Gasteiger partial charge in [-0.1, -0.05) is 27.7 Å². The second-order valence-corrected chi connectivity index (χ2v) is 7.93. The molecule has 0 aromatic heterocycles. The minimum Gasteiger partial charge on any atom is -0.463 e. The summed E-state index contributed by atoms with van der Waals surface area (Å²) in [5.74, 6) is -4.54. The average molecular weight is 368 g/mol. The molecule has 0 aliphatic carbocycles. The first-order valence-electron chi connectivity index (χ1n) is 9.36. The van der Waals surface area contributed by atoms with E-state index in [1.54, 1.807) is 25.7 Å². The molecule has 2 amide bonds. The zero-order valence-corrected chi connectivity index (χ0v) is 16.0. The van der Waals surface area contributed by atoms with E-state index in [1.165, 1.54) is 0 Å². The van der Waals surface area contributed by atoms with Gasteiger partial charge in [0.15, 0.2) is 0 Å². The van der Waals surface area contributed by atoms with Gasteiger partial charge in [-0.25, -0.2) is 4.79 Å². The zero-order valence-electron chi connectivity index (χ0n) is 16.0. The zero-order chi connectivity index (χ0) is 19.4. The maximum atomic E-state index is 13.4. The number of piperazine rings is 1. The molecule has 3 heterocycles. The van der Waals surface area contributed by atoms with E-state index in [0.717, 1.165) is 4.90 Å². The summed E-state index contributed by atoms with van der Waals surface area (Å²) in [6.07, 6.45) is 1.22. The number of fused-ring (bicyclic) bond motifs is 3. The predicted molar refractivity (Wildman–Crippen MR) is 90.4 cm³/mol. The van der Waals surface area contributed by atoms with E-state index in [1.807, 2.05) is 13.8 Å². The summed E-state index contributed by atoms with van der Waals surface area (Å²) >= 11 is 0. The highest BCUT2D eigenvalue weighted by atomic mass is 16.7. The second kappa shape index (κ2) is 6.20. The Bertz CT molecular complexity index is 635. The van der Waals surface area contributed by atoms with E-state index in [0.29, 0.717) is 19.4 Å². The Balaban J connectivity index is 2.16. The summed E-state index contributed by atoms with van der Waals surface area (Å²) in [4.78, 5) is 41.9. The quantitative estimate of drug-likeness (QED) is 0.573. The third-order valence-corrected chi connectivity index (χ3v) is 5.72. The van der Waals surface area contributed by atoms with Crippen LogP contribution in [0.5, 0.6) is 0 Å². The van der Waals surface area contributed by atoms with Crippen LogP contribution in [0.15, 0.2) is 0 Å². The van der Waals surface area contributed by atoms with Gasteiger partial charge in [0.05, 0.1) is 6.61 Å². The van der Waals surface area contributed by atoms with Gasteiger partial charge in [-0.3, -0.25) is 14.5 Å². The molecule has 3 rings (SSSR count). The van der Waals surface area contributed by atoms with Crippen molar-refractivity contribution in [3.05, 3.63) is 0 Å². The SMILES string of the molecule is CCOC(=O)[C@@]1(C(C)C)O[C@@]2(O)[C@H]3CCCN3C(=O)[C@@H](C(C)C)N2C1=O. The van der Waals surface area contributed by atoms with Crippen LogP contribution in [0.4, 0.5) is 0 Å². The monoisotopic (exact) mass is 368 g/mol. The number of carbonyl (C=O) groups excluding carboxylic acids is 3. The number of amides is 2. The molecular weight excluding hydrogens is 340 g/mol. The van der Waals surface area contributed by atoms with Gasteiger partial charge in [-0.05, 0) is 25.7 Å². The van der Waals surface area contributed by atoms with Crippen LogP contribution in [-0.2, 0) is 23.9 Å². The average Bonchev–Trinajstić information content (AvgIpc) is 3.13. The summed E-state index contributed by atoms with van der Waals surface area (Å²) in [5.41, 5.74) is -1.95. The number of hydrogen-bond acceptors (Lipinski definition) is 6. The van der Waals surface area contributed by atoms with Crippen molar-refractivity contribution in [1.82, 2.24) is 9.80 Å². The predicted octanol–water partition coefficient (Wildman–Crippen LogP) is 0.478. The first kappa shape index (κ1) is 19.1. The van der Waals surface area contributed by atoms with E-state index in [4.69, 9.17) is 9.47 Å². The minimum atomic E-state index is -2.02. The number of carbonyl (C=O) groups is 3. The number of ether oxygens (including phenoxy) is 2. The normalized spacial score (nSPS) is 36.8. The van der Waals surface area contributed by atoms with Crippen LogP contribution in [0.3, 0.4) is 0 Å². The largest absolute Gasteiger partial charge is 0.463 e. The molecule has 0 bridgehead atoms. The third-order valence-electron chi connectivity index (χ3n) is 5.72. The van der Waals surface area contributed by atoms with Gasteiger partial charge in [-0.2, -0.15) is 0 Å². The Labute approximate surface area is 153 Å². The van der Waals surface area contributed by atoms with Gasteiger partial charge in [0.2, 0.25) is 11.5 Å². The molecule has 0 radical (unpaired) electrons. The first-order chi connectivity index (χ1) is 12.1. The number of nitrogens with zero attached hydrogens (tertiary/aromatic N) is 2. The van der Waals surface area contributed by atoms with Crippen molar-refractivity contribution < 1.29 is 29.0 Å². The molecule has 3 aliphatic rings. The Morgan fingerprint density at radius 2 is 2.00 bits per heavy atom. The molecule has 3 aliphatic heterocycles. The number of hydrogen-bond donors (Lipinski definition) is 1. The minimum absolute atomic E-state index is 0.0878. The maximum absolute atomic E-state index is 13.4. The molecule has 4 atom stereocenters. The standard InChI is InChI=1S/C18H28N2O6/c1-6-25-16(23)17(11(4)5)15(22)20-13(10(2)3)14(21)19-9-7-8-12(19)18(20,24)26-17/h10-13,24H,6-9H2,1-5H3/t12-,13-,17+,18+/m1/s1. The van der Waals surface area contributed by atoms with Crippen molar-refractivity contribution in [3.63, 3.8) is 0 Å². The van der Waals surface area contributed by atoms with Gasteiger partial charge < -0.3 is 19.5 Å². The fraction of sp³-hybridized carbons (Fsp3) is 0.833. The summed E-state index contributed by atoms with van der Waals surface area (Å²) < 4.78 is 11.1. The molecular formula is C18H28N2O6. The van der Waals surface area contributed by atoms with E-state index >= 15 is 0 Å². The van der Waals surface area contributed by atoms with E-state index in [-0.39, 0.29) is 18.4 Å². The van der Waals surface area contributed by atoms with Gasteiger partial charge in [0, 0.05) is 12.5 Å². The van der Waals surface area contributed by atoms with Gasteiger partial charge >= 0.3 is 5.97 Å². The molecule has 0 saturated carbocycles. The van der Waals surface area contributed by atoms with Crippen molar-refractivity contribution in [2.75, 3.05) is 13.2 Å². The van der Waals surface area contributed by atoms with Crippen LogP contribution >= 0.6 is 0 Å². The highest BCUT2D eigenvalue weighted by molar-refractivity contribution is 6.09. The van der Waals surface area contributed by atoms with Crippen LogP contribution in [0.25, 0.3) is 0 Å². The highest BCUT2D eigenvalue weighted by Gasteiger charge is 2.74. The van der Waals surface area contributed by atoms with Crippen LogP contribution in [-0.4, -0.2) is 69.4 Å². The molecule has 8 heteroatoms. The van der Waals surface area contributed by atoms with E-state index in [9.17, 15) is 19.5 Å². The van der Waals surface area contributed by atoms with Crippen LogP contribution in [0.1, 0.15) is 47.5 Å². The fourth-order valence-corrected chi connectivity index (χ4v) is 4.46. The molecule has 8 nitrogen and oxygen atoms in total. The lowest BCUT2D eigenvalue weighted by Gasteiger charge is -2.49. The topological polar surface area (TPSA) is 96.4 Å². The molecule has 146 valence electrons. The molecule has 26 heavy (non-hydrogen) atoms. The Hall–Kier alpha value is -1.67. The summed E-state index contributed by atoms with van der Waals surface area (Å²) in [5, 5.41) is 11.5. The van der Waals surface area contributed by atoms with Crippen LogP contribution < -0.4 is 0 Å². The van der Waals surface area contributed by atoms with Crippen molar-refractivity contribution in [2.24, 2.45) is 11.8 Å². The molecule has 3 saturated heterocycles. The van der Waals surface area contributed by atoms with Crippen molar-refractivity contribution in [3.8, 4) is 0 Å². The molecule has 0 spiro atoms. The lowest BCUT2D eigenvalue weighted by atomic mass is 9.88. The van der Waals surface area contributed by atoms with Gasteiger partial charge in [-0.15, -0.1) is 0 Å². The second-order valence-electron chi connectivity index (χ2n) is 7.93. The van der Waals surface area contributed by atoms with Crippen molar-refractivity contribution in [1.29, 1.82) is 0 Å². The van der Waals surface area contributed by atoms with Crippen LogP contribution in [0, 0.1) is 11.8 Å². The summed E-state index contributed by atoms with van der Waals surface area (Å²) in [6, 6.07) is -1.55. The number of esters is 1. The van der Waals surface area contributed by atoms with E-state index < -0.39 is 41.4 Å². The smallest absolute Gasteiger partial charge is 0.348 e. The Kier molecular flexibility index (Phi) is 4.55.